The van der Waals surface area contributed by atoms with E-state index in [0.717, 1.165) is 20.6 Å². The van der Waals surface area contributed by atoms with Gasteiger partial charge in [-0.15, -0.1) is 11.8 Å². The summed E-state index contributed by atoms with van der Waals surface area (Å²) in [5.41, 5.74) is 3.54. The number of benzene rings is 4. The first-order chi connectivity index (χ1) is 20.2. The number of halogens is 1. The number of nitrogens with one attached hydrogen (secondary N) is 3. The third-order valence-electron chi connectivity index (χ3n) is 6.16. The average Bonchev–Trinajstić information content (AvgIpc) is 2.98. The number of thioether (sulfide) groups is 1. The van der Waals surface area contributed by atoms with Gasteiger partial charge in [0.1, 0.15) is 5.70 Å². The molecule has 4 aromatic carbocycles. The van der Waals surface area contributed by atoms with E-state index in [1.807, 2.05) is 92.6 Å². The summed E-state index contributed by atoms with van der Waals surface area (Å²) in [5, 5.41) is 8.19. The van der Waals surface area contributed by atoms with Crippen molar-refractivity contribution in [3.63, 3.8) is 0 Å². The fraction of sp³-hybridized carbons (Fsp3) is 0.121. The number of rotatable bonds is 10. The standard InChI is InChI=1S/C33H31BrN4O3S/c1-22(31(39)36-29-15-8-7-14-28(29)34)42-27-13-9-12-25(21-27)35-33(41)30(37-32(40)24-10-5-4-6-11-24)20-23-16-18-26(19-17-23)38(2)3/h4-22H,1-3H3,(H,35,41)(H,36,39)(H,37,40)/b30-20+. The number of amides is 3. The summed E-state index contributed by atoms with van der Waals surface area (Å²) >= 11 is 4.82. The van der Waals surface area contributed by atoms with Crippen molar-refractivity contribution in [2.45, 2.75) is 17.1 Å². The molecule has 0 heterocycles. The fourth-order valence-corrected chi connectivity index (χ4v) is 5.19. The van der Waals surface area contributed by atoms with E-state index in [9.17, 15) is 14.4 Å². The highest BCUT2D eigenvalue weighted by molar-refractivity contribution is 9.10. The van der Waals surface area contributed by atoms with Gasteiger partial charge >= 0.3 is 0 Å². The zero-order valence-electron chi connectivity index (χ0n) is 23.4. The molecule has 0 bridgehead atoms. The second kappa shape index (κ2) is 14.5. The third kappa shape index (κ3) is 8.58. The highest BCUT2D eigenvalue weighted by Crippen LogP contribution is 2.28. The van der Waals surface area contributed by atoms with Crippen molar-refractivity contribution in [1.82, 2.24) is 5.32 Å². The Hall–Kier alpha value is -4.34. The monoisotopic (exact) mass is 642 g/mol. The van der Waals surface area contributed by atoms with Gasteiger partial charge in [-0.3, -0.25) is 14.4 Å². The maximum Gasteiger partial charge on any atom is 0.272 e. The first kappa shape index (κ1) is 30.6. The summed E-state index contributed by atoms with van der Waals surface area (Å²) in [4.78, 5) is 42.0. The first-order valence-electron chi connectivity index (χ1n) is 13.2. The third-order valence-corrected chi connectivity index (χ3v) is 7.94. The summed E-state index contributed by atoms with van der Waals surface area (Å²) in [5.74, 6) is -1.01. The van der Waals surface area contributed by atoms with Crippen LogP contribution in [0.1, 0.15) is 22.8 Å². The molecule has 0 fully saturated rings. The summed E-state index contributed by atoms with van der Waals surface area (Å²) in [6.45, 7) is 1.82. The molecule has 0 spiro atoms. The SMILES string of the molecule is CC(Sc1cccc(NC(=O)/C(=C\c2ccc(N(C)C)cc2)NC(=O)c2ccccc2)c1)C(=O)Nc1ccccc1Br. The zero-order chi connectivity index (χ0) is 30.1. The molecule has 0 saturated heterocycles. The molecule has 3 amide bonds. The van der Waals surface area contributed by atoms with Gasteiger partial charge in [0, 0.05) is 40.4 Å². The minimum atomic E-state index is -0.474. The summed E-state index contributed by atoms with van der Waals surface area (Å²) in [7, 11) is 3.90. The lowest BCUT2D eigenvalue weighted by molar-refractivity contribution is -0.115. The van der Waals surface area contributed by atoms with Crippen molar-refractivity contribution >= 4 is 68.6 Å². The number of anilines is 3. The van der Waals surface area contributed by atoms with Crippen molar-refractivity contribution in [3.05, 3.63) is 124 Å². The normalized spacial score (nSPS) is 11.8. The fourth-order valence-electron chi connectivity index (χ4n) is 3.88. The number of hydrogen-bond donors (Lipinski definition) is 3. The van der Waals surface area contributed by atoms with Gasteiger partial charge in [0.25, 0.3) is 11.8 Å². The van der Waals surface area contributed by atoms with Gasteiger partial charge in [0.2, 0.25) is 5.91 Å². The number of nitrogens with zero attached hydrogens (tertiary/aromatic N) is 1. The van der Waals surface area contributed by atoms with E-state index in [1.165, 1.54) is 11.8 Å². The molecule has 0 radical (unpaired) electrons. The van der Waals surface area contributed by atoms with E-state index in [1.54, 1.807) is 42.5 Å². The van der Waals surface area contributed by atoms with Crippen LogP contribution in [0, 0.1) is 0 Å². The molecule has 4 aromatic rings. The van der Waals surface area contributed by atoms with Crippen LogP contribution < -0.4 is 20.9 Å². The minimum Gasteiger partial charge on any atom is -0.378 e. The van der Waals surface area contributed by atoms with Gasteiger partial charge in [-0.05, 0) is 89.1 Å². The number of para-hydroxylation sites is 1. The van der Waals surface area contributed by atoms with Crippen LogP contribution in [0.4, 0.5) is 17.1 Å². The predicted octanol–water partition coefficient (Wildman–Crippen LogP) is 7.04. The van der Waals surface area contributed by atoms with E-state index in [4.69, 9.17) is 0 Å². The van der Waals surface area contributed by atoms with Crippen LogP contribution in [0.3, 0.4) is 0 Å². The van der Waals surface area contributed by atoms with Gasteiger partial charge < -0.3 is 20.9 Å². The zero-order valence-corrected chi connectivity index (χ0v) is 25.8. The quantitative estimate of drug-likeness (QED) is 0.127. The lowest BCUT2D eigenvalue weighted by Crippen LogP contribution is -2.30. The Morgan fingerprint density at radius 1 is 0.833 bits per heavy atom. The summed E-state index contributed by atoms with van der Waals surface area (Å²) in [6, 6.07) is 31.0. The van der Waals surface area contributed by atoms with E-state index < -0.39 is 17.1 Å². The molecule has 214 valence electrons. The molecule has 7 nitrogen and oxygen atoms in total. The van der Waals surface area contributed by atoms with Crippen LogP contribution in [-0.4, -0.2) is 37.1 Å². The molecule has 0 aliphatic carbocycles. The molecule has 9 heteroatoms. The Morgan fingerprint density at radius 3 is 2.21 bits per heavy atom. The largest absolute Gasteiger partial charge is 0.378 e. The van der Waals surface area contributed by atoms with Crippen LogP contribution in [0.25, 0.3) is 6.08 Å². The van der Waals surface area contributed by atoms with Crippen LogP contribution in [-0.2, 0) is 9.59 Å². The second-order valence-corrected chi connectivity index (χ2v) is 11.8. The Bertz CT molecular complexity index is 1590. The number of carbonyl (C=O) groups excluding carboxylic acids is 3. The summed E-state index contributed by atoms with van der Waals surface area (Å²) in [6.07, 6.45) is 1.64. The van der Waals surface area contributed by atoms with E-state index >= 15 is 0 Å². The smallest absolute Gasteiger partial charge is 0.272 e. The summed E-state index contributed by atoms with van der Waals surface area (Å²) < 4.78 is 0.803. The van der Waals surface area contributed by atoms with Crippen molar-refractivity contribution in [2.24, 2.45) is 0 Å². The van der Waals surface area contributed by atoms with Crippen molar-refractivity contribution in [2.75, 3.05) is 29.6 Å². The molecular formula is C33H31BrN4O3S. The van der Waals surface area contributed by atoms with Crippen LogP contribution >= 0.6 is 27.7 Å². The molecule has 1 atom stereocenters. The predicted molar refractivity (Wildman–Crippen MR) is 176 cm³/mol. The van der Waals surface area contributed by atoms with E-state index in [-0.39, 0.29) is 11.6 Å². The molecule has 0 aromatic heterocycles. The maximum atomic E-state index is 13.5. The Labute approximate surface area is 258 Å². The minimum absolute atomic E-state index is 0.0979. The van der Waals surface area contributed by atoms with Crippen molar-refractivity contribution in [1.29, 1.82) is 0 Å². The lowest BCUT2D eigenvalue weighted by atomic mass is 10.1. The van der Waals surface area contributed by atoms with E-state index in [2.05, 4.69) is 31.9 Å². The average molecular weight is 644 g/mol. The lowest BCUT2D eigenvalue weighted by Gasteiger charge is -2.15. The van der Waals surface area contributed by atoms with Gasteiger partial charge in [0.05, 0.1) is 10.9 Å². The van der Waals surface area contributed by atoms with Crippen molar-refractivity contribution in [3.8, 4) is 0 Å². The molecular weight excluding hydrogens is 612 g/mol. The topological polar surface area (TPSA) is 90.5 Å². The van der Waals surface area contributed by atoms with Gasteiger partial charge in [-0.1, -0.05) is 48.5 Å². The Kier molecular flexibility index (Phi) is 10.6. The van der Waals surface area contributed by atoms with E-state index in [0.29, 0.717) is 16.9 Å². The molecule has 0 aliphatic rings. The van der Waals surface area contributed by atoms with Crippen LogP contribution in [0.15, 0.2) is 118 Å². The molecule has 3 N–H and O–H groups in total. The molecule has 4 rings (SSSR count). The highest BCUT2D eigenvalue weighted by atomic mass is 79.9. The second-order valence-electron chi connectivity index (χ2n) is 9.58. The van der Waals surface area contributed by atoms with Crippen molar-refractivity contribution < 1.29 is 14.4 Å². The Balaban J connectivity index is 1.50. The molecule has 0 saturated carbocycles. The van der Waals surface area contributed by atoms with Gasteiger partial charge in [-0.2, -0.15) is 0 Å². The maximum absolute atomic E-state index is 13.5. The first-order valence-corrected chi connectivity index (χ1v) is 14.9. The van der Waals surface area contributed by atoms with Crippen LogP contribution in [0.5, 0.6) is 0 Å². The van der Waals surface area contributed by atoms with Gasteiger partial charge in [-0.25, -0.2) is 0 Å². The molecule has 0 aliphatic heterocycles. The highest BCUT2D eigenvalue weighted by Gasteiger charge is 2.18. The Morgan fingerprint density at radius 2 is 1.52 bits per heavy atom. The van der Waals surface area contributed by atoms with Crippen LogP contribution in [0.2, 0.25) is 0 Å². The molecule has 1 unspecified atom stereocenters. The molecule has 42 heavy (non-hydrogen) atoms. The number of carbonyl (C=O) groups is 3. The van der Waals surface area contributed by atoms with Gasteiger partial charge in [0.15, 0.2) is 0 Å². The number of hydrogen-bond acceptors (Lipinski definition) is 5.